The van der Waals surface area contributed by atoms with E-state index < -0.39 is 0 Å². The molecule has 1 fully saturated rings. The van der Waals surface area contributed by atoms with E-state index in [2.05, 4.69) is 30.6 Å². The van der Waals surface area contributed by atoms with Gasteiger partial charge in [0, 0.05) is 31.7 Å². The Balaban J connectivity index is 2.54. The maximum atomic E-state index is 12.4. The average molecular weight is 281 g/mol. The molecule has 20 heavy (non-hydrogen) atoms. The van der Waals surface area contributed by atoms with E-state index in [0.717, 1.165) is 25.2 Å². The van der Waals surface area contributed by atoms with Gasteiger partial charge in [0.2, 0.25) is 5.91 Å². The number of nitrogens with one attached hydrogen (secondary N) is 1. The molecule has 1 saturated heterocycles. The summed E-state index contributed by atoms with van der Waals surface area (Å²) < 4.78 is 0. The lowest BCUT2D eigenvalue weighted by atomic mass is 10.2. The molecule has 0 bridgehead atoms. The fraction of sp³-hybridized carbons (Fsp3) is 0.812. The van der Waals surface area contributed by atoms with Crippen molar-refractivity contribution in [2.45, 2.75) is 52.6 Å². The summed E-state index contributed by atoms with van der Waals surface area (Å²) in [6, 6.07) is 0.936. The summed E-state index contributed by atoms with van der Waals surface area (Å²) in [6.07, 6.45) is 2.47. The highest BCUT2D eigenvalue weighted by Gasteiger charge is 2.23. The predicted octanol–water partition coefficient (Wildman–Crippen LogP) is 1.87. The minimum absolute atomic E-state index is 0.210. The summed E-state index contributed by atoms with van der Waals surface area (Å²) in [5.74, 6) is 0.210. The van der Waals surface area contributed by atoms with Crippen LogP contribution in [0.1, 0.15) is 40.5 Å². The molecule has 4 heteroatoms. The van der Waals surface area contributed by atoms with Crippen molar-refractivity contribution in [2.24, 2.45) is 0 Å². The second-order valence-electron chi connectivity index (χ2n) is 6.18. The van der Waals surface area contributed by atoms with Crippen LogP contribution in [0.15, 0.2) is 12.2 Å². The Bertz CT molecular complexity index is 322. The number of hydrogen-bond donors (Lipinski definition) is 1. The lowest BCUT2D eigenvalue weighted by Crippen LogP contribution is -2.47. The molecule has 1 N–H and O–H groups in total. The van der Waals surface area contributed by atoms with Crippen LogP contribution >= 0.6 is 0 Å². The Kier molecular flexibility index (Phi) is 7.24. The van der Waals surface area contributed by atoms with Crippen LogP contribution in [0.4, 0.5) is 0 Å². The summed E-state index contributed by atoms with van der Waals surface area (Å²) >= 11 is 0. The van der Waals surface area contributed by atoms with E-state index in [9.17, 15) is 4.79 Å². The number of rotatable bonds is 8. The molecular formula is C16H31N3O. The van der Waals surface area contributed by atoms with Gasteiger partial charge >= 0.3 is 0 Å². The lowest BCUT2D eigenvalue weighted by molar-refractivity contribution is -0.132. The van der Waals surface area contributed by atoms with Crippen LogP contribution in [0.3, 0.4) is 0 Å². The number of hydrogen-bond acceptors (Lipinski definition) is 3. The molecule has 0 aliphatic carbocycles. The molecule has 1 unspecified atom stereocenters. The first-order chi connectivity index (χ1) is 9.43. The highest BCUT2D eigenvalue weighted by molar-refractivity contribution is 5.78. The molecule has 1 aliphatic heterocycles. The molecular weight excluding hydrogens is 250 g/mol. The van der Waals surface area contributed by atoms with Crippen LogP contribution < -0.4 is 5.32 Å². The maximum Gasteiger partial charge on any atom is 0.237 e. The summed E-state index contributed by atoms with van der Waals surface area (Å²) in [6.45, 7) is 16.2. The predicted molar refractivity (Wildman–Crippen MR) is 84.8 cm³/mol. The fourth-order valence-corrected chi connectivity index (χ4v) is 2.63. The summed E-state index contributed by atoms with van der Waals surface area (Å²) in [5, 5.41) is 3.51. The SMILES string of the molecule is C=C(C)CN(CC)C(=O)CN(CC1CCCN1)C(C)C. The largest absolute Gasteiger partial charge is 0.338 e. The van der Waals surface area contributed by atoms with Gasteiger partial charge in [-0.2, -0.15) is 0 Å². The zero-order valence-electron chi connectivity index (χ0n) is 13.6. The standard InChI is InChI=1S/C16H31N3O/c1-6-18(10-13(2)3)16(20)12-19(14(4)5)11-15-8-7-9-17-15/h14-15,17H,2,6-12H2,1,3-5H3. The van der Waals surface area contributed by atoms with Gasteiger partial charge in [-0.05, 0) is 47.1 Å². The number of amides is 1. The van der Waals surface area contributed by atoms with Crippen LogP contribution in [0, 0.1) is 0 Å². The van der Waals surface area contributed by atoms with Crippen molar-refractivity contribution in [3.05, 3.63) is 12.2 Å². The molecule has 0 aromatic heterocycles. The monoisotopic (exact) mass is 281 g/mol. The van der Waals surface area contributed by atoms with E-state index in [1.54, 1.807) is 0 Å². The van der Waals surface area contributed by atoms with Gasteiger partial charge in [-0.1, -0.05) is 12.2 Å². The molecule has 4 nitrogen and oxygen atoms in total. The number of carbonyl (C=O) groups is 1. The maximum absolute atomic E-state index is 12.4. The number of nitrogens with zero attached hydrogens (tertiary/aromatic N) is 2. The Morgan fingerprint density at radius 2 is 2.10 bits per heavy atom. The minimum Gasteiger partial charge on any atom is -0.338 e. The van der Waals surface area contributed by atoms with Crippen LogP contribution in [-0.2, 0) is 4.79 Å². The third-order valence-corrected chi connectivity index (χ3v) is 3.88. The van der Waals surface area contributed by atoms with Gasteiger partial charge in [-0.25, -0.2) is 0 Å². The molecule has 0 radical (unpaired) electrons. The normalized spacial score (nSPS) is 18.8. The zero-order valence-corrected chi connectivity index (χ0v) is 13.6. The van der Waals surface area contributed by atoms with Gasteiger partial charge < -0.3 is 10.2 Å². The van der Waals surface area contributed by atoms with E-state index in [-0.39, 0.29) is 5.91 Å². The third-order valence-electron chi connectivity index (χ3n) is 3.88. The second kappa shape index (κ2) is 8.42. The first-order valence-electron chi connectivity index (χ1n) is 7.83. The van der Waals surface area contributed by atoms with E-state index in [1.165, 1.54) is 12.8 Å². The van der Waals surface area contributed by atoms with E-state index >= 15 is 0 Å². The van der Waals surface area contributed by atoms with E-state index in [1.807, 2.05) is 18.7 Å². The smallest absolute Gasteiger partial charge is 0.237 e. The minimum atomic E-state index is 0.210. The van der Waals surface area contributed by atoms with Crippen LogP contribution in [0.5, 0.6) is 0 Å². The highest BCUT2D eigenvalue weighted by Crippen LogP contribution is 2.10. The molecule has 0 aromatic rings. The van der Waals surface area contributed by atoms with Gasteiger partial charge in [0.1, 0.15) is 0 Å². The molecule has 1 amide bonds. The topological polar surface area (TPSA) is 35.6 Å². The van der Waals surface area contributed by atoms with E-state index in [0.29, 0.717) is 25.2 Å². The Labute approximate surface area is 124 Å². The first-order valence-corrected chi connectivity index (χ1v) is 7.83. The van der Waals surface area contributed by atoms with Crippen molar-refractivity contribution < 1.29 is 4.79 Å². The first kappa shape index (κ1) is 17.2. The van der Waals surface area contributed by atoms with Crippen molar-refractivity contribution in [1.82, 2.24) is 15.1 Å². The quantitative estimate of drug-likeness (QED) is 0.690. The van der Waals surface area contributed by atoms with E-state index in [4.69, 9.17) is 0 Å². The van der Waals surface area contributed by atoms with Crippen LogP contribution in [-0.4, -0.2) is 60.5 Å². The lowest BCUT2D eigenvalue weighted by Gasteiger charge is -2.31. The highest BCUT2D eigenvalue weighted by atomic mass is 16.2. The van der Waals surface area contributed by atoms with Crippen molar-refractivity contribution in [3.63, 3.8) is 0 Å². The molecule has 1 heterocycles. The van der Waals surface area contributed by atoms with Crippen LogP contribution in [0.2, 0.25) is 0 Å². The Morgan fingerprint density at radius 3 is 2.55 bits per heavy atom. The fourth-order valence-electron chi connectivity index (χ4n) is 2.63. The van der Waals surface area contributed by atoms with Crippen molar-refractivity contribution in [3.8, 4) is 0 Å². The molecule has 1 aliphatic rings. The summed E-state index contributed by atoms with van der Waals surface area (Å²) in [5.41, 5.74) is 1.04. The number of likely N-dealkylation sites (N-methyl/N-ethyl adjacent to an activating group) is 1. The van der Waals surface area contributed by atoms with Crippen molar-refractivity contribution in [1.29, 1.82) is 0 Å². The molecule has 116 valence electrons. The molecule has 1 atom stereocenters. The molecule has 0 spiro atoms. The van der Waals surface area contributed by atoms with Crippen molar-refractivity contribution >= 4 is 5.91 Å². The Hall–Kier alpha value is -0.870. The van der Waals surface area contributed by atoms with Gasteiger partial charge in [-0.3, -0.25) is 9.69 Å². The van der Waals surface area contributed by atoms with Gasteiger partial charge in [0.15, 0.2) is 0 Å². The number of carbonyl (C=O) groups excluding carboxylic acids is 1. The second-order valence-corrected chi connectivity index (χ2v) is 6.18. The van der Waals surface area contributed by atoms with Gasteiger partial charge in [-0.15, -0.1) is 0 Å². The third kappa shape index (κ3) is 5.63. The van der Waals surface area contributed by atoms with Crippen molar-refractivity contribution in [2.75, 3.05) is 32.7 Å². The summed E-state index contributed by atoms with van der Waals surface area (Å²) in [4.78, 5) is 16.6. The molecule has 0 aromatic carbocycles. The zero-order chi connectivity index (χ0) is 15.1. The Morgan fingerprint density at radius 1 is 1.40 bits per heavy atom. The average Bonchev–Trinajstić information content (AvgIpc) is 2.87. The molecule has 0 saturated carbocycles. The van der Waals surface area contributed by atoms with Crippen LogP contribution in [0.25, 0.3) is 0 Å². The summed E-state index contributed by atoms with van der Waals surface area (Å²) in [7, 11) is 0. The van der Waals surface area contributed by atoms with Gasteiger partial charge in [0.05, 0.1) is 6.54 Å². The molecule has 1 rings (SSSR count). The van der Waals surface area contributed by atoms with Gasteiger partial charge in [0.25, 0.3) is 0 Å².